The lowest BCUT2D eigenvalue weighted by atomic mass is 10.1. The molecule has 1 amide bonds. The Labute approximate surface area is 202 Å². The average molecular weight is 481 g/mol. The van der Waals surface area contributed by atoms with Crippen molar-refractivity contribution in [3.05, 3.63) is 69.9 Å². The van der Waals surface area contributed by atoms with Crippen LogP contribution in [0.5, 0.6) is 5.88 Å². The zero-order chi connectivity index (χ0) is 23.7. The van der Waals surface area contributed by atoms with Gasteiger partial charge in [0, 0.05) is 30.5 Å². The molecular weight excluding hydrogens is 456 g/mol. The zero-order valence-electron chi connectivity index (χ0n) is 18.7. The summed E-state index contributed by atoms with van der Waals surface area (Å²) < 4.78 is 5.99. The zero-order valence-corrected chi connectivity index (χ0v) is 19.5. The van der Waals surface area contributed by atoms with Crippen LogP contribution in [0.15, 0.2) is 36.8 Å². The number of hydrogen-bond donors (Lipinski definition) is 2. The number of carbonyl (C=O) groups is 1. The molecule has 2 aromatic heterocycles. The molecule has 1 aliphatic heterocycles. The van der Waals surface area contributed by atoms with Gasteiger partial charge in [-0.15, -0.1) is 0 Å². The van der Waals surface area contributed by atoms with E-state index in [9.17, 15) is 9.90 Å². The van der Waals surface area contributed by atoms with Crippen molar-refractivity contribution in [1.82, 2.24) is 25.3 Å². The summed E-state index contributed by atoms with van der Waals surface area (Å²) in [4.78, 5) is 32.6. The van der Waals surface area contributed by atoms with Crippen LogP contribution in [0.25, 0.3) is 0 Å². The number of hydrogen-bond acceptors (Lipinski definition) is 8. The summed E-state index contributed by atoms with van der Waals surface area (Å²) in [7, 11) is 0. The fourth-order valence-corrected chi connectivity index (χ4v) is 4.34. The number of aliphatic hydroxyl groups is 1. The van der Waals surface area contributed by atoms with E-state index in [0.717, 1.165) is 36.2 Å². The molecule has 34 heavy (non-hydrogen) atoms. The Morgan fingerprint density at radius 3 is 2.74 bits per heavy atom. The molecule has 176 valence electrons. The third-order valence-corrected chi connectivity index (χ3v) is 6.53. The molecule has 9 nitrogen and oxygen atoms in total. The van der Waals surface area contributed by atoms with Gasteiger partial charge < -0.3 is 20.1 Å². The Hall–Kier alpha value is -3.30. The highest BCUT2D eigenvalue weighted by Crippen LogP contribution is 2.45. The van der Waals surface area contributed by atoms with E-state index < -0.39 is 0 Å². The van der Waals surface area contributed by atoms with Crippen LogP contribution in [0.4, 0.5) is 5.95 Å². The van der Waals surface area contributed by atoms with E-state index in [1.807, 2.05) is 13.0 Å². The number of rotatable bonds is 8. The summed E-state index contributed by atoms with van der Waals surface area (Å²) in [6.07, 6.45) is 6.07. The maximum atomic E-state index is 13.0. The SMILES string of the molecule is Cc1cnc(CNC(=O)c2cnc(N3CC4CC4C3)nc2OCc2ccc(CO)c(Cl)c2)cn1. The molecule has 0 radical (unpaired) electrons. The van der Waals surface area contributed by atoms with Crippen LogP contribution < -0.4 is 15.0 Å². The second kappa shape index (κ2) is 9.52. The quantitative estimate of drug-likeness (QED) is 0.506. The number of carbonyl (C=O) groups excluding carboxylic acids is 1. The summed E-state index contributed by atoms with van der Waals surface area (Å²) in [5.74, 6) is 1.86. The van der Waals surface area contributed by atoms with Crippen molar-refractivity contribution >= 4 is 23.5 Å². The summed E-state index contributed by atoms with van der Waals surface area (Å²) >= 11 is 6.21. The van der Waals surface area contributed by atoms with E-state index in [1.54, 1.807) is 24.5 Å². The van der Waals surface area contributed by atoms with E-state index in [4.69, 9.17) is 16.3 Å². The van der Waals surface area contributed by atoms with Crippen molar-refractivity contribution < 1.29 is 14.6 Å². The van der Waals surface area contributed by atoms with E-state index >= 15 is 0 Å². The van der Waals surface area contributed by atoms with Gasteiger partial charge in [-0.05, 0) is 42.4 Å². The minimum absolute atomic E-state index is 0.136. The number of aliphatic hydroxyl groups excluding tert-OH is 1. The Morgan fingerprint density at radius 2 is 2.03 bits per heavy atom. The molecule has 5 rings (SSSR count). The molecule has 3 aromatic rings. The maximum Gasteiger partial charge on any atom is 0.258 e. The van der Waals surface area contributed by atoms with Gasteiger partial charge in [0.05, 0.1) is 30.7 Å². The first-order valence-electron chi connectivity index (χ1n) is 11.2. The van der Waals surface area contributed by atoms with Crippen LogP contribution in [-0.4, -0.2) is 44.0 Å². The summed E-state index contributed by atoms with van der Waals surface area (Å²) in [5, 5.41) is 12.6. The van der Waals surface area contributed by atoms with E-state index in [1.165, 1.54) is 12.6 Å². The molecule has 2 aliphatic rings. The highest BCUT2D eigenvalue weighted by molar-refractivity contribution is 6.31. The largest absolute Gasteiger partial charge is 0.472 e. The first-order valence-corrected chi connectivity index (χ1v) is 11.6. The highest BCUT2D eigenvalue weighted by atomic mass is 35.5. The third-order valence-electron chi connectivity index (χ3n) is 6.18. The number of benzene rings is 1. The number of anilines is 1. The molecule has 2 fully saturated rings. The highest BCUT2D eigenvalue weighted by Gasteiger charge is 2.46. The van der Waals surface area contributed by atoms with Gasteiger partial charge in [0.15, 0.2) is 0 Å². The number of piperidine rings is 1. The molecule has 2 atom stereocenters. The van der Waals surface area contributed by atoms with Gasteiger partial charge in [0.1, 0.15) is 12.2 Å². The first-order chi connectivity index (χ1) is 16.5. The minimum Gasteiger partial charge on any atom is -0.472 e. The lowest BCUT2D eigenvalue weighted by Gasteiger charge is -2.19. The number of amides is 1. The van der Waals surface area contributed by atoms with Crippen molar-refractivity contribution in [1.29, 1.82) is 0 Å². The lowest BCUT2D eigenvalue weighted by Crippen LogP contribution is -2.27. The number of aryl methyl sites for hydroxylation is 1. The van der Waals surface area contributed by atoms with E-state index in [-0.39, 0.29) is 37.1 Å². The van der Waals surface area contributed by atoms with Crippen molar-refractivity contribution in [3.63, 3.8) is 0 Å². The molecule has 1 aliphatic carbocycles. The summed E-state index contributed by atoms with van der Waals surface area (Å²) in [6.45, 7) is 3.97. The molecule has 1 aromatic carbocycles. The monoisotopic (exact) mass is 480 g/mol. The number of ether oxygens (including phenoxy) is 1. The van der Waals surface area contributed by atoms with Crippen LogP contribution in [-0.2, 0) is 19.8 Å². The normalized spacial score (nSPS) is 18.5. The second-order valence-corrected chi connectivity index (χ2v) is 9.16. The van der Waals surface area contributed by atoms with E-state index in [0.29, 0.717) is 22.2 Å². The van der Waals surface area contributed by atoms with Gasteiger partial charge in [0.25, 0.3) is 5.91 Å². The van der Waals surface area contributed by atoms with Crippen molar-refractivity contribution in [2.24, 2.45) is 11.8 Å². The Kier molecular flexibility index (Phi) is 6.30. The van der Waals surface area contributed by atoms with Crippen molar-refractivity contribution in [3.8, 4) is 5.88 Å². The van der Waals surface area contributed by atoms with Crippen molar-refractivity contribution in [2.45, 2.75) is 33.1 Å². The van der Waals surface area contributed by atoms with Crippen LogP contribution in [0.2, 0.25) is 5.02 Å². The van der Waals surface area contributed by atoms with Gasteiger partial charge in [-0.1, -0.05) is 23.7 Å². The average Bonchev–Trinajstić information content (AvgIpc) is 3.46. The number of aromatic nitrogens is 4. The topological polar surface area (TPSA) is 113 Å². The van der Waals surface area contributed by atoms with Gasteiger partial charge in [0.2, 0.25) is 11.8 Å². The van der Waals surface area contributed by atoms with Gasteiger partial charge in [-0.2, -0.15) is 4.98 Å². The summed E-state index contributed by atoms with van der Waals surface area (Å²) in [6, 6.07) is 5.31. The molecular formula is C24H25ClN6O3. The van der Waals surface area contributed by atoms with Crippen LogP contribution >= 0.6 is 11.6 Å². The Balaban J connectivity index is 1.34. The number of halogens is 1. The molecule has 1 saturated carbocycles. The Bertz CT molecular complexity index is 1200. The van der Waals surface area contributed by atoms with E-state index in [2.05, 4.69) is 30.2 Å². The smallest absolute Gasteiger partial charge is 0.258 e. The Morgan fingerprint density at radius 1 is 1.21 bits per heavy atom. The fraction of sp³-hybridized carbons (Fsp3) is 0.375. The molecule has 0 spiro atoms. The standard InChI is InChI=1S/C24H25ClN6O3/c1-14-6-27-19(7-26-14)8-28-22(33)20-9-29-24(31-10-17-5-18(17)11-31)30-23(20)34-13-15-2-3-16(12-32)21(25)4-15/h2-4,6-7,9,17-18,32H,5,8,10-13H2,1H3,(H,28,33). The molecule has 0 bridgehead atoms. The summed E-state index contributed by atoms with van der Waals surface area (Å²) in [5.41, 5.74) is 3.13. The first kappa shape index (κ1) is 22.5. The molecule has 10 heteroatoms. The van der Waals surface area contributed by atoms with Gasteiger partial charge in [-0.3, -0.25) is 14.8 Å². The van der Waals surface area contributed by atoms with Gasteiger partial charge >= 0.3 is 0 Å². The predicted molar refractivity (Wildman–Crippen MR) is 125 cm³/mol. The molecule has 2 N–H and O–H groups in total. The molecule has 3 heterocycles. The molecule has 2 unspecified atom stereocenters. The lowest BCUT2D eigenvalue weighted by molar-refractivity contribution is 0.0944. The second-order valence-electron chi connectivity index (χ2n) is 8.75. The number of fused-ring (bicyclic) bond motifs is 1. The minimum atomic E-state index is -0.359. The maximum absolute atomic E-state index is 13.0. The van der Waals surface area contributed by atoms with Crippen LogP contribution in [0.1, 0.15) is 39.3 Å². The van der Waals surface area contributed by atoms with Gasteiger partial charge in [-0.25, -0.2) is 4.98 Å². The number of nitrogens with zero attached hydrogens (tertiary/aromatic N) is 5. The van der Waals surface area contributed by atoms with Crippen LogP contribution in [0.3, 0.4) is 0 Å². The third kappa shape index (κ3) is 4.95. The number of nitrogens with one attached hydrogen (secondary N) is 1. The van der Waals surface area contributed by atoms with Crippen LogP contribution in [0, 0.1) is 18.8 Å². The predicted octanol–water partition coefficient (Wildman–Crippen LogP) is 2.69. The molecule has 1 saturated heterocycles. The fourth-order valence-electron chi connectivity index (χ4n) is 4.07. The van der Waals surface area contributed by atoms with Crippen molar-refractivity contribution in [2.75, 3.05) is 18.0 Å².